The van der Waals surface area contributed by atoms with E-state index in [-0.39, 0.29) is 24.4 Å². The smallest absolute Gasteiger partial charge is 0.236 e. The van der Waals surface area contributed by atoms with Gasteiger partial charge in [-0.05, 0) is 19.3 Å². The average molecular weight is 251 g/mol. The van der Waals surface area contributed by atoms with Gasteiger partial charge in [0.1, 0.15) is 0 Å². The Bertz CT molecular complexity index is 222. The predicted octanol–water partition coefficient (Wildman–Crippen LogP) is 0.933. The second kappa shape index (κ2) is 7.09. The van der Waals surface area contributed by atoms with Crippen LogP contribution in [-0.4, -0.2) is 31.2 Å². The van der Waals surface area contributed by atoms with E-state index < -0.39 is 6.04 Å². The van der Waals surface area contributed by atoms with Gasteiger partial charge in [0.25, 0.3) is 0 Å². The van der Waals surface area contributed by atoms with Crippen LogP contribution in [0.3, 0.4) is 0 Å². The molecule has 1 aliphatic rings. The molecule has 1 aliphatic heterocycles. The van der Waals surface area contributed by atoms with E-state index in [1.54, 1.807) is 6.92 Å². The first-order chi connectivity index (χ1) is 7.02. The fraction of sp³-hybridized carbons (Fsp3) is 0.909. The van der Waals surface area contributed by atoms with Gasteiger partial charge >= 0.3 is 0 Å². The molecule has 2 unspecified atom stereocenters. The molecule has 0 aromatic heterocycles. The Kier molecular flexibility index (Phi) is 6.95. The summed E-state index contributed by atoms with van der Waals surface area (Å²) in [6, 6.07) is -0.426. The summed E-state index contributed by atoms with van der Waals surface area (Å²) in [6.45, 7) is 7.48. The number of hydrogen-bond acceptors (Lipinski definition) is 3. The van der Waals surface area contributed by atoms with Crippen LogP contribution in [-0.2, 0) is 9.53 Å². The molecule has 0 bridgehead atoms. The maximum atomic E-state index is 11.3. The van der Waals surface area contributed by atoms with Crippen molar-refractivity contribution in [2.45, 2.75) is 39.3 Å². The first kappa shape index (κ1) is 15.7. The van der Waals surface area contributed by atoms with Crippen molar-refractivity contribution >= 4 is 18.3 Å². The third kappa shape index (κ3) is 4.28. The van der Waals surface area contributed by atoms with Gasteiger partial charge in [-0.1, -0.05) is 13.8 Å². The molecule has 96 valence electrons. The third-order valence-electron chi connectivity index (χ3n) is 2.87. The van der Waals surface area contributed by atoms with Gasteiger partial charge in [-0.15, -0.1) is 12.4 Å². The van der Waals surface area contributed by atoms with Crippen LogP contribution in [0.25, 0.3) is 0 Å². The van der Waals surface area contributed by atoms with E-state index in [2.05, 4.69) is 19.2 Å². The number of carbonyl (C=O) groups excluding carboxylic acids is 1. The maximum Gasteiger partial charge on any atom is 0.236 e. The lowest BCUT2D eigenvalue weighted by molar-refractivity contribution is -0.122. The molecule has 1 saturated heterocycles. The topological polar surface area (TPSA) is 64.3 Å². The summed E-state index contributed by atoms with van der Waals surface area (Å²) < 4.78 is 5.64. The highest BCUT2D eigenvalue weighted by molar-refractivity contribution is 5.85. The van der Waals surface area contributed by atoms with Gasteiger partial charge in [0, 0.05) is 19.1 Å². The minimum atomic E-state index is -0.426. The van der Waals surface area contributed by atoms with Crippen molar-refractivity contribution < 1.29 is 9.53 Å². The van der Waals surface area contributed by atoms with E-state index in [1.165, 1.54) is 0 Å². The van der Waals surface area contributed by atoms with Gasteiger partial charge < -0.3 is 15.8 Å². The van der Waals surface area contributed by atoms with E-state index >= 15 is 0 Å². The quantitative estimate of drug-likeness (QED) is 0.780. The Hall–Kier alpha value is -0.320. The van der Waals surface area contributed by atoms with Crippen LogP contribution in [0.5, 0.6) is 0 Å². The minimum Gasteiger partial charge on any atom is -0.378 e. The number of ether oxygens (including phenoxy) is 1. The van der Waals surface area contributed by atoms with Gasteiger partial charge in [-0.3, -0.25) is 4.79 Å². The number of halogens is 1. The first-order valence-corrected chi connectivity index (χ1v) is 5.67. The summed E-state index contributed by atoms with van der Waals surface area (Å²) in [5.74, 6) is 0.863. The molecule has 0 spiro atoms. The van der Waals surface area contributed by atoms with Gasteiger partial charge in [-0.2, -0.15) is 0 Å². The van der Waals surface area contributed by atoms with Crippen LogP contribution in [0.15, 0.2) is 0 Å². The fourth-order valence-electron chi connectivity index (χ4n) is 2.00. The van der Waals surface area contributed by atoms with E-state index in [0.29, 0.717) is 18.4 Å². The van der Waals surface area contributed by atoms with E-state index in [9.17, 15) is 4.79 Å². The van der Waals surface area contributed by atoms with Crippen LogP contribution in [0.1, 0.15) is 27.2 Å². The molecule has 0 aliphatic carbocycles. The predicted molar refractivity (Wildman–Crippen MR) is 66.6 cm³/mol. The Balaban J connectivity index is 0.00000225. The van der Waals surface area contributed by atoms with Gasteiger partial charge in [-0.25, -0.2) is 0 Å². The van der Waals surface area contributed by atoms with Crippen molar-refractivity contribution in [1.82, 2.24) is 5.32 Å². The van der Waals surface area contributed by atoms with Crippen LogP contribution < -0.4 is 11.1 Å². The highest BCUT2D eigenvalue weighted by Gasteiger charge is 2.30. The Morgan fingerprint density at radius 2 is 2.12 bits per heavy atom. The number of nitrogens with two attached hydrogens (primary N) is 1. The molecule has 0 saturated carbocycles. The fourth-order valence-corrected chi connectivity index (χ4v) is 2.00. The Labute approximate surface area is 104 Å². The molecule has 5 heteroatoms. The molecular weight excluding hydrogens is 228 g/mol. The molecule has 0 aromatic rings. The lowest BCUT2D eigenvalue weighted by Gasteiger charge is -2.22. The second-order valence-corrected chi connectivity index (χ2v) is 4.66. The van der Waals surface area contributed by atoms with Crippen LogP contribution in [0, 0.1) is 11.8 Å². The number of hydrogen-bond donors (Lipinski definition) is 2. The Morgan fingerprint density at radius 3 is 2.62 bits per heavy atom. The zero-order chi connectivity index (χ0) is 11.4. The van der Waals surface area contributed by atoms with E-state index in [0.717, 1.165) is 13.0 Å². The lowest BCUT2D eigenvalue weighted by atomic mass is 9.93. The molecule has 1 heterocycles. The van der Waals surface area contributed by atoms with Crippen molar-refractivity contribution in [3.8, 4) is 0 Å². The molecule has 0 radical (unpaired) electrons. The van der Waals surface area contributed by atoms with E-state index in [4.69, 9.17) is 10.5 Å². The molecule has 4 nitrogen and oxygen atoms in total. The lowest BCUT2D eigenvalue weighted by Crippen LogP contribution is -2.42. The summed E-state index contributed by atoms with van der Waals surface area (Å²) >= 11 is 0. The van der Waals surface area contributed by atoms with Crippen LogP contribution >= 0.6 is 12.4 Å². The van der Waals surface area contributed by atoms with Crippen molar-refractivity contribution in [2.24, 2.45) is 17.6 Å². The standard InChI is InChI=1S/C11H22N2O2.ClH/c1-7(2)10-9(4-5-15-10)6-13-11(14)8(3)12;/h7-10H,4-6,12H2,1-3H3,(H,13,14);1H/t8-,9?,10?;/m1./s1. The first-order valence-electron chi connectivity index (χ1n) is 5.67. The second-order valence-electron chi connectivity index (χ2n) is 4.66. The number of rotatable bonds is 4. The van der Waals surface area contributed by atoms with Crippen LogP contribution in [0.4, 0.5) is 0 Å². The van der Waals surface area contributed by atoms with E-state index in [1.807, 2.05) is 0 Å². The zero-order valence-corrected chi connectivity index (χ0v) is 11.0. The summed E-state index contributed by atoms with van der Waals surface area (Å²) in [5, 5.41) is 2.86. The SMILES string of the molecule is CC(C)C1OCCC1CNC(=O)[C@@H](C)N.Cl. The highest BCUT2D eigenvalue weighted by atomic mass is 35.5. The monoisotopic (exact) mass is 250 g/mol. The molecular formula is C11H23ClN2O2. The third-order valence-corrected chi connectivity index (χ3v) is 2.87. The number of nitrogens with one attached hydrogen (secondary N) is 1. The summed E-state index contributed by atoms with van der Waals surface area (Å²) in [7, 11) is 0. The largest absolute Gasteiger partial charge is 0.378 e. The zero-order valence-electron chi connectivity index (χ0n) is 10.2. The molecule has 3 N–H and O–H groups in total. The van der Waals surface area contributed by atoms with Crippen molar-refractivity contribution in [2.75, 3.05) is 13.2 Å². The van der Waals surface area contributed by atoms with Gasteiger partial charge in [0.2, 0.25) is 5.91 Å². The van der Waals surface area contributed by atoms with Crippen molar-refractivity contribution in [3.05, 3.63) is 0 Å². The number of carbonyl (C=O) groups is 1. The highest BCUT2D eigenvalue weighted by Crippen LogP contribution is 2.25. The molecule has 0 aromatic carbocycles. The average Bonchev–Trinajstić information content (AvgIpc) is 2.61. The maximum absolute atomic E-state index is 11.3. The molecule has 3 atom stereocenters. The Morgan fingerprint density at radius 1 is 1.50 bits per heavy atom. The summed E-state index contributed by atoms with van der Waals surface area (Å²) in [4.78, 5) is 11.3. The van der Waals surface area contributed by atoms with Crippen LogP contribution in [0.2, 0.25) is 0 Å². The normalized spacial score (nSPS) is 26.3. The van der Waals surface area contributed by atoms with Crippen molar-refractivity contribution in [1.29, 1.82) is 0 Å². The minimum absolute atomic E-state index is 0. The van der Waals surface area contributed by atoms with Gasteiger partial charge in [0.15, 0.2) is 0 Å². The molecule has 16 heavy (non-hydrogen) atoms. The number of amides is 1. The van der Waals surface area contributed by atoms with Crippen molar-refractivity contribution in [3.63, 3.8) is 0 Å². The molecule has 1 amide bonds. The summed E-state index contributed by atoms with van der Waals surface area (Å²) in [5.41, 5.74) is 5.47. The molecule has 1 rings (SSSR count). The van der Waals surface area contributed by atoms with Gasteiger partial charge in [0.05, 0.1) is 12.1 Å². The summed E-state index contributed by atoms with van der Waals surface area (Å²) in [6.07, 6.45) is 1.31. The molecule has 1 fully saturated rings.